The Hall–Kier alpha value is -1.52. The van der Waals surface area contributed by atoms with Gasteiger partial charge in [-0.2, -0.15) is 5.10 Å². The van der Waals surface area contributed by atoms with Crippen LogP contribution in [0.4, 0.5) is 0 Å². The lowest BCUT2D eigenvalue weighted by molar-refractivity contribution is 0.287. The zero-order valence-electron chi connectivity index (χ0n) is 12.8. The molecular formula is C16H22ClN3O. The first-order chi connectivity index (χ1) is 10.1. The maximum atomic E-state index is 6.32. The van der Waals surface area contributed by atoms with Gasteiger partial charge in [0.15, 0.2) is 0 Å². The Kier molecular flexibility index (Phi) is 5.26. The van der Waals surface area contributed by atoms with Gasteiger partial charge in [0.1, 0.15) is 12.4 Å². The molecule has 2 aromatic rings. The van der Waals surface area contributed by atoms with E-state index in [9.17, 15) is 0 Å². The van der Waals surface area contributed by atoms with Gasteiger partial charge in [-0.1, -0.05) is 29.8 Å². The molecule has 0 fully saturated rings. The van der Waals surface area contributed by atoms with Crippen LogP contribution in [-0.4, -0.2) is 16.3 Å². The molecule has 0 unspecified atom stereocenters. The summed E-state index contributed by atoms with van der Waals surface area (Å²) in [6, 6.07) is 6.12. The molecule has 1 aromatic carbocycles. The van der Waals surface area contributed by atoms with Crippen LogP contribution in [0.25, 0.3) is 0 Å². The predicted molar refractivity (Wildman–Crippen MR) is 85.9 cm³/mol. The summed E-state index contributed by atoms with van der Waals surface area (Å²) in [5, 5.41) is 5.09. The van der Waals surface area contributed by atoms with E-state index < -0.39 is 0 Å². The number of benzene rings is 1. The van der Waals surface area contributed by atoms with Gasteiger partial charge in [-0.25, -0.2) is 0 Å². The Bertz CT molecular complexity index is 622. The van der Waals surface area contributed by atoms with Crippen LogP contribution in [0, 0.1) is 13.8 Å². The maximum absolute atomic E-state index is 6.32. The largest absolute Gasteiger partial charge is 0.487 e. The van der Waals surface area contributed by atoms with Crippen LogP contribution in [0.3, 0.4) is 0 Å². The topological polar surface area (TPSA) is 53.1 Å². The molecule has 0 aliphatic heterocycles. The molecule has 0 bridgehead atoms. The fourth-order valence-corrected chi connectivity index (χ4v) is 2.61. The molecule has 0 spiro atoms. The first-order valence-electron chi connectivity index (χ1n) is 7.21. The fraction of sp³-hybridized carbons (Fsp3) is 0.438. The number of ether oxygens (including phenoxy) is 1. The molecule has 0 aliphatic carbocycles. The summed E-state index contributed by atoms with van der Waals surface area (Å²) in [6.45, 7) is 7.78. The minimum atomic E-state index is 0.413. The SMILES string of the molecule is CCn1nc(C)c(Cl)c1COc1c(C)cccc1CCN. The van der Waals surface area contributed by atoms with Crippen LogP contribution in [-0.2, 0) is 19.6 Å². The highest BCUT2D eigenvalue weighted by molar-refractivity contribution is 6.31. The van der Waals surface area contributed by atoms with Crippen molar-refractivity contribution in [2.75, 3.05) is 6.54 Å². The zero-order chi connectivity index (χ0) is 15.4. The van der Waals surface area contributed by atoms with Crippen molar-refractivity contribution in [3.63, 3.8) is 0 Å². The molecule has 1 aromatic heterocycles. The lowest BCUT2D eigenvalue weighted by Crippen LogP contribution is -2.09. The monoisotopic (exact) mass is 307 g/mol. The van der Waals surface area contributed by atoms with Crippen molar-refractivity contribution in [3.8, 4) is 5.75 Å². The fourth-order valence-electron chi connectivity index (χ4n) is 2.42. The molecule has 1 heterocycles. The predicted octanol–water partition coefficient (Wildman–Crippen LogP) is 3.25. The second kappa shape index (κ2) is 6.96. The molecule has 5 heteroatoms. The number of rotatable bonds is 6. The Balaban J connectivity index is 2.24. The first-order valence-corrected chi connectivity index (χ1v) is 7.59. The maximum Gasteiger partial charge on any atom is 0.131 e. The standard InChI is InChI=1S/C16H22ClN3O/c1-4-20-14(15(17)12(3)19-20)10-21-16-11(2)6-5-7-13(16)8-9-18/h5-7H,4,8-10,18H2,1-3H3. The van der Waals surface area contributed by atoms with Crippen molar-refractivity contribution < 1.29 is 4.74 Å². The Morgan fingerprint density at radius 1 is 1.33 bits per heavy atom. The lowest BCUT2D eigenvalue weighted by atomic mass is 10.1. The van der Waals surface area contributed by atoms with E-state index >= 15 is 0 Å². The summed E-state index contributed by atoms with van der Waals surface area (Å²) in [5.74, 6) is 0.903. The molecule has 0 saturated carbocycles. The summed E-state index contributed by atoms with van der Waals surface area (Å²) in [4.78, 5) is 0. The number of nitrogens with zero attached hydrogens (tertiary/aromatic N) is 2. The van der Waals surface area contributed by atoms with Gasteiger partial charge in [-0.15, -0.1) is 0 Å². The van der Waals surface area contributed by atoms with Gasteiger partial charge in [-0.05, 0) is 44.9 Å². The van der Waals surface area contributed by atoms with E-state index in [0.29, 0.717) is 18.2 Å². The average Bonchev–Trinajstić information content (AvgIpc) is 2.74. The Morgan fingerprint density at radius 2 is 2.10 bits per heavy atom. The van der Waals surface area contributed by atoms with Gasteiger partial charge < -0.3 is 10.5 Å². The van der Waals surface area contributed by atoms with Crippen LogP contribution in [0.2, 0.25) is 5.02 Å². The highest BCUT2D eigenvalue weighted by atomic mass is 35.5. The summed E-state index contributed by atoms with van der Waals surface area (Å²) in [7, 11) is 0. The second-order valence-electron chi connectivity index (χ2n) is 5.05. The summed E-state index contributed by atoms with van der Waals surface area (Å²) in [6.07, 6.45) is 0.802. The van der Waals surface area contributed by atoms with Crippen molar-refractivity contribution >= 4 is 11.6 Å². The summed E-state index contributed by atoms with van der Waals surface area (Å²) in [5.41, 5.74) is 9.66. The minimum absolute atomic E-state index is 0.413. The van der Waals surface area contributed by atoms with Gasteiger partial charge in [0.25, 0.3) is 0 Å². The second-order valence-corrected chi connectivity index (χ2v) is 5.43. The number of para-hydroxylation sites is 1. The smallest absolute Gasteiger partial charge is 0.131 e. The highest BCUT2D eigenvalue weighted by Gasteiger charge is 2.14. The number of aryl methyl sites for hydroxylation is 3. The van der Waals surface area contributed by atoms with Crippen molar-refractivity contribution in [1.82, 2.24) is 9.78 Å². The zero-order valence-corrected chi connectivity index (χ0v) is 13.6. The first kappa shape index (κ1) is 15.9. The van der Waals surface area contributed by atoms with Gasteiger partial charge in [0, 0.05) is 6.54 Å². The number of nitrogens with two attached hydrogens (primary N) is 1. The van der Waals surface area contributed by atoms with E-state index in [1.165, 1.54) is 0 Å². The van der Waals surface area contributed by atoms with Crippen LogP contribution >= 0.6 is 11.6 Å². The summed E-state index contributed by atoms with van der Waals surface area (Å²) >= 11 is 6.32. The molecule has 4 nitrogen and oxygen atoms in total. The van der Waals surface area contributed by atoms with Crippen molar-refractivity contribution in [2.24, 2.45) is 5.73 Å². The Morgan fingerprint density at radius 3 is 2.76 bits per heavy atom. The average molecular weight is 308 g/mol. The van der Waals surface area contributed by atoms with Crippen molar-refractivity contribution in [1.29, 1.82) is 0 Å². The third-order valence-electron chi connectivity index (χ3n) is 3.51. The van der Waals surface area contributed by atoms with E-state index in [1.54, 1.807) is 0 Å². The molecular weight excluding hydrogens is 286 g/mol. The van der Waals surface area contributed by atoms with E-state index in [2.05, 4.69) is 11.2 Å². The molecule has 114 valence electrons. The molecule has 0 aliphatic rings. The molecule has 0 amide bonds. The van der Waals surface area contributed by atoms with Crippen LogP contribution in [0.15, 0.2) is 18.2 Å². The van der Waals surface area contributed by atoms with Gasteiger partial charge >= 0.3 is 0 Å². The normalized spacial score (nSPS) is 10.9. The van der Waals surface area contributed by atoms with Crippen molar-refractivity contribution in [2.45, 2.75) is 40.3 Å². The van der Waals surface area contributed by atoms with E-state index in [0.717, 1.165) is 41.2 Å². The van der Waals surface area contributed by atoms with E-state index in [4.69, 9.17) is 22.1 Å². The number of hydrogen-bond acceptors (Lipinski definition) is 3. The number of hydrogen-bond donors (Lipinski definition) is 1. The molecule has 0 saturated heterocycles. The number of aromatic nitrogens is 2. The molecule has 0 atom stereocenters. The molecule has 21 heavy (non-hydrogen) atoms. The minimum Gasteiger partial charge on any atom is -0.487 e. The van der Waals surface area contributed by atoms with Crippen molar-refractivity contribution in [3.05, 3.63) is 45.7 Å². The van der Waals surface area contributed by atoms with Crippen LogP contribution in [0.1, 0.15) is 29.4 Å². The third kappa shape index (κ3) is 3.39. The Labute approximate surface area is 130 Å². The lowest BCUT2D eigenvalue weighted by Gasteiger charge is -2.14. The van der Waals surface area contributed by atoms with Crippen LogP contribution < -0.4 is 10.5 Å². The molecule has 0 radical (unpaired) electrons. The van der Waals surface area contributed by atoms with Gasteiger partial charge in [0.2, 0.25) is 0 Å². The highest BCUT2D eigenvalue weighted by Crippen LogP contribution is 2.27. The quantitative estimate of drug-likeness (QED) is 0.891. The number of halogens is 1. The third-order valence-corrected chi connectivity index (χ3v) is 4.00. The van der Waals surface area contributed by atoms with Gasteiger partial charge in [-0.3, -0.25) is 4.68 Å². The van der Waals surface area contributed by atoms with Crippen LogP contribution in [0.5, 0.6) is 5.75 Å². The van der Waals surface area contributed by atoms with E-state index in [1.807, 2.05) is 37.6 Å². The van der Waals surface area contributed by atoms with E-state index in [-0.39, 0.29) is 0 Å². The summed E-state index contributed by atoms with van der Waals surface area (Å²) < 4.78 is 7.93. The van der Waals surface area contributed by atoms with Gasteiger partial charge in [0.05, 0.1) is 16.4 Å². The molecule has 2 rings (SSSR count). The molecule has 2 N–H and O–H groups in total.